The fourth-order valence-electron chi connectivity index (χ4n) is 2.93. The van der Waals surface area contributed by atoms with Crippen LogP contribution in [0.2, 0.25) is 0 Å². The molecule has 8 heteroatoms. The van der Waals surface area contributed by atoms with Crippen molar-refractivity contribution in [1.82, 2.24) is 4.90 Å². The molecule has 0 atom stereocenters. The van der Waals surface area contributed by atoms with Crippen molar-refractivity contribution in [3.63, 3.8) is 0 Å². The Bertz CT molecular complexity index is 996. The zero-order chi connectivity index (χ0) is 21.5. The number of urea groups is 1. The highest BCUT2D eigenvalue weighted by Gasteiger charge is 2.17. The molecule has 5 nitrogen and oxygen atoms in total. The quantitative estimate of drug-likeness (QED) is 0.524. The molecule has 30 heavy (non-hydrogen) atoms. The lowest BCUT2D eigenvalue weighted by Gasteiger charge is -2.23. The van der Waals surface area contributed by atoms with E-state index in [1.54, 1.807) is 19.1 Å². The van der Waals surface area contributed by atoms with Crippen molar-refractivity contribution in [2.75, 3.05) is 26.1 Å². The summed E-state index contributed by atoms with van der Waals surface area (Å²) in [7, 11) is 3.13. The topological polar surface area (TPSA) is 50.8 Å². The van der Waals surface area contributed by atoms with Crippen LogP contribution in [0.3, 0.4) is 0 Å². The zero-order valence-corrected chi connectivity index (χ0v) is 17.5. The Morgan fingerprint density at radius 3 is 2.53 bits per heavy atom. The van der Waals surface area contributed by atoms with Crippen molar-refractivity contribution >= 4 is 23.1 Å². The minimum absolute atomic E-state index is 0.0660. The number of anilines is 1. The number of ether oxygens (including phenoxy) is 2. The van der Waals surface area contributed by atoms with E-state index in [9.17, 15) is 13.6 Å². The molecule has 2 aromatic carbocycles. The summed E-state index contributed by atoms with van der Waals surface area (Å²) in [6.45, 7) is 0.766. The maximum absolute atomic E-state index is 14.0. The van der Waals surface area contributed by atoms with Crippen LogP contribution in [0.1, 0.15) is 10.4 Å². The van der Waals surface area contributed by atoms with E-state index in [0.717, 1.165) is 22.6 Å². The van der Waals surface area contributed by atoms with Crippen molar-refractivity contribution in [1.29, 1.82) is 0 Å². The third-order valence-electron chi connectivity index (χ3n) is 4.51. The average Bonchev–Trinajstić information content (AvgIpc) is 3.26. The van der Waals surface area contributed by atoms with E-state index >= 15 is 0 Å². The first-order valence-corrected chi connectivity index (χ1v) is 10.1. The molecule has 0 aliphatic rings. The van der Waals surface area contributed by atoms with Gasteiger partial charge >= 0.3 is 6.03 Å². The second kappa shape index (κ2) is 10.1. The van der Waals surface area contributed by atoms with Crippen LogP contribution in [-0.4, -0.2) is 31.7 Å². The van der Waals surface area contributed by atoms with Gasteiger partial charge in [-0.05, 0) is 47.7 Å². The van der Waals surface area contributed by atoms with Gasteiger partial charge in [-0.3, -0.25) is 0 Å². The summed E-state index contributed by atoms with van der Waals surface area (Å²) < 4.78 is 37.7. The number of rotatable bonds is 8. The Hall–Kier alpha value is -3.13. The molecular weight excluding hydrogens is 410 g/mol. The predicted molar refractivity (Wildman–Crippen MR) is 113 cm³/mol. The van der Waals surface area contributed by atoms with E-state index in [1.165, 1.54) is 17.4 Å². The maximum atomic E-state index is 14.0. The molecule has 3 aromatic rings. The fourth-order valence-corrected chi connectivity index (χ4v) is 3.65. The molecule has 0 fully saturated rings. The van der Waals surface area contributed by atoms with Gasteiger partial charge in [-0.1, -0.05) is 12.1 Å². The van der Waals surface area contributed by atoms with Crippen LogP contribution in [0, 0.1) is 11.6 Å². The lowest BCUT2D eigenvalue weighted by Crippen LogP contribution is -2.36. The molecule has 0 saturated heterocycles. The minimum atomic E-state index is -0.820. The van der Waals surface area contributed by atoms with Crippen LogP contribution in [0.15, 0.2) is 53.9 Å². The second-order valence-corrected chi connectivity index (χ2v) is 7.53. The summed E-state index contributed by atoms with van der Waals surface area (Å²) in [5.74, 6) is -0.285. The Morgan fingerprint density at radius 2 is 1.87 bits per heavy atom. The highest BCUT2D eigenvalue weighted by atomic mass is 32.1. The van der Waals surface area contributed by atoms with Crippen molar-refractivity contribution in [3.8, 4) is 11.5 Å². The second-order valence-electron chi connectivity index (χ2n) is 6.49. The van der Waals surface area contributed by atoms with Gasteiger partial charge in [0.1, 0.15) is 11.6 Å². The summed E-state index contributed by atoms with van der Waals surface area (Å²) in [4.78, 5) is 15.4. The average molecular weight is 432 g/mol. The number of carbonyl (C=O) groups excluding carboxylic acids is 1. The van der Waals surface area contributed by atoms with Gasteiger partial charge < -0.3 is 19.7 Å². The largest absolute Gasteiger partial charge is 0.493 e. The Labute approximate surface area is 177 Å². The monoisotopic (exact) mass is 432 g/mol. The molecule has 0 saturated carbocycles. The summed E-state index contributed by atoms with van der Waals surface area (Å²) in [5, 5.41) is 4.46. The number of thiophene rings is 1. The molecule has 0 spiro atoms. The summed E-state index contributed by atoms with van der Waals surface area (Å²) in [6, 6.07) is 12.0. The van der Waals surface area contributed by atoms with Crippen LogP contribution >= 0.6 is 11.3 Å². The summed E-state index contributed by atoms with van der Waals surface area (Å²) in [6.07, 6.45) is 0.561. The maximum Gasteiger partial charge on any atom is 0.322 e. The van der Waals surface area contributed by atoms with Gasteiger partial charge in [0, 0.05) is 17.5 Å². The molecule has 0 unspecified atom stereocenters. The predicted octanol–water partition coefficient (Wildman–Crippen LogP) is 5.32. The minimum Gasteiger partial charge on any atom is -0.493 e. The number of methoxy groups -OCH3 is 2. The van der Waals surface area contributed by atoms with Crippen LogP contribution in [0.25, 0.3) is 0 Å². The van der Waals surface area contributed by atoms with E-state index in [-0.39, 0.29) is 5.69 Å². The van der Waals surface area contributed by atoms with Gasteiger partial charge in [-0.25, -0.2) is 13.6 Å². The van der Waals surface area contributed by atoms with Gasteiger partial charge in [-0.2, -0.15) is 0 Å². The number of hydrogen-bond acceptors (Lipinski definition) is 4. The highest BCUT2D eigenvalue weighted by molar-refractivity contribution is 7.09. The molecule has 1 N–H and O–H groups in total. The van der Waals surface area contributed by atoms with E-state index in [1.807, 2.05) is 35.7 Å². The van der Waals surface area contributed by atoms with E-state index in [0.29, 0.717) is 31.0 Å². The summed E-state index contributed by atoms with van der Waals surface area (Å²) >= 11 is 1.53. The van der Waals surface area contributed by atoms with Gasteiger partial charge in [0.25, 0.3) is 0 Å². The summed E-state index contributed by atoms with van der Waals surface area (Å²) in [5.41, 5.74) is 0.897. The lowest BCUT2D eigenvalue weighted by atomic mass is 10.1. The number of halogens is 2. The van der Waals surface area contributed by atoms with Crippen molar-refractivity contribution in [2.45, 2.75) is 13.0 Å². The number of amides is 2. The Balaban J connectivity index is 1.74. The third kappa shape index (κ3) is 5.48. The number of hydrogen-bond donors (Lipinski definition) is 1. The molecule has 1 aromatic heterocycles. The van der Waals surface area contributed by atoms with Gasteiger partial charge in [-0.15, -0.1) is 11.3 Å². The van der Waals surface area contributed by atoms with Gasteiger partial charge in [0.05, 0.1) is 26.5 Å². The number of nitrogens with zero attached hydrogens (tertiary/aromatic N) is 1. The molecule has 2 amide bonds. The molecule has 0 radical (unpaired) electrons. The van der Waals surface area contributed by atoms with Crippen LogP contribution in [0.4, 0.5) is 19.3 Å². The molecule has 1 heterocycles. The van der Waals surface area contributed by atoms with Gasteiger partial charge in [0.2, 0.25) is 0 Å². The molecule has 0 bridgehead atoms. The molecule has 158 valence electrons. The number of benzene rings is 2. The van der Waals surface area contributed by atoms with Crippen molar-refractivity contribution in [3.05, 3.63) is 76.0 Å². The molecular formula is C22H22F2N2O3S. The zero-order valence-electron chi connectivity index (χ0n) is 16.7. The highest BCUT2D eigenvalue weighted by Crippen LogP contribution is 2.28. The molecule has 3 rings (SSSR count). The van der Waals surface area contributed by atoms with E-state index in [4.69, 9.17) is 9.47 Å². The first-order valence-electron chi connectivity index (χ1n) is 9.24. The smallest absolute Gasteiger partial charge is 0.322 e. The standard InChI is InChI=1S/C22H22F2N2O3S/c1-28-20-8-5-15(12-21(20)29-2)9-10-26(14-17-4-3-11-30-17)22(27)25-19-7-6-16(23)13-18(19)24/h3-8,11-13H,9-10,14H2,1-2H3,(H,25,27). The fraction of sp³-hybridized carbons (Fsp3) is 0.227. The normalized spacial score (nSPS) is 10.5. The number of nitrogens with one attached hydrogen (secondary N) is 1. The van der Waals surface area contributed by atoms with Crippen LogP contribution < -0.4 is 14.8 Å². The van der Waals surface area contributed by atoms with Crippen molar-refractivity contribution < 1.29 is 23.0 Å². The van der Waals surface area contributed by atoms with Crippen LogP contribution in [-0.2, 0) is 13.0 Å². The SMILES string of the molecule is COc1ccc(CCN(Cc2cccs2)C(=O)Nc2ccc(F)cc2F)cc1OC. The first kappa shape index (κ1) is 21.6. The van der Waals surface area contributed by atoms with Gasteiger partial charge in [0.15, 0.2) is 11.5 Å². The third-order valence-corrected chi connectivity index (χ3v) is 5.37. The first-order chi connectivity index (χ1) is 14.5. The molecule has 0 aliphatic carbocycles. The molecule has 0 aliphatic heterocycles. The lowest BCUT2D eigenvalue weighted by molar-refractivity contribution is 0.210. The van der Waals surface area contributed by atoms with E-state index in [2.05, 4.69) is 5.32 Å². The van der Waals surface area contributed by atoms with Crippen LogP contribution in [0.5, 0.6) is 11.5 Å². The Kier molecular flexibility index (Phi) is 7.24. The van der Waals surface area contributed by atoms with Crippen molar-refractivity contribution in [2.24, 2.45) is 0 Å². The number of carbonyl (C=O) groups is 1. The van der Waals surface area contributed by atoms with E-state index < -0.39 is 17.7 Å². The Morgan fingerprint density at radius 1 is 1.07 bits per heavy atom.